The van der Waals surface area contributed by atoms with Crippen molar-refractivity contribution in [3.8, 4) is 0 Å². The molecule has 1 saturated heterocycles. The Morgan fingerprint density at radius 3 is 2.86 bits per heavy atom. The number of carbonyl (C=O) groups excluding carboxylic acids is 1. The normalized spacial score (nSPS) is 15.2. The summed E-state index contributed by atoms with van der Waals surface area (Å²) < 4.78 is 9.57. The lowest BCUT2D eigenvalue weighted by Crippen LogP contribution is -2.41. The minimum Gasteiger partial charge on any atom is -0.379 e. The summed E-state index contributed by atoms with van der Waals surface area (Å²) in [7, 11) is 0. The van der Waals surface area contributed by atoms with Crippen molar-refractivity contribution in [3.05, 3.63) is 56.5 Å². The summed E-state index contributed by atoms with van der Waals surface area (Å²) in [6.45, 7) is 5.43. The van der Waals surface area contributed by atoms with Gasteiger partial charge in [-0.1, -0.05) is 23.7 Å². The monoisotopic (exact) mass is 481 g/mol. The highest BCUT2D eigenvalue weighted by Gasteiger charge is 2.18. The fraction of sp³-hybridized carbons (Fsp3) is 0.350. The molecule has 2 aromatic heterocycles. The summed E-state index contributed by atoms with van der Waals surface area (Å²) in [5.41, 5.74) is 2.79. The van der Waals surface area contributed by atoms with Crippen molar-refractivity contribution in [2.45, 2.75) is 6.54 Å². The molecule has 1 fully saturated rings. The first-order valence-corrected chi connectivity index (χ1v) is 11.2. The zero-order valence-electron chi connectivity index (χ0n) is 15.3. The predicted octanol–water partition coefficient (Wildman–Crippen LogP) is 4.23. The fourth-order valence-electron chi connectivity index (χ4n) is 3.43. The molecular formula is C20H21BrClN3O2S. The van der Waals surface area contributed by atoms with E-state index in [0.717, 1.165) is 52.4 Å². The van der Waals surface area contributed by atoms with Gasteiger partial charge < -0.3 is 14.6 Å². The molecule has 1 aromatic carbocycles. The maximum Gasteiger partial charge on any atom is 0.268 e. The van der Waals surface area contributed by atoms with Crippen LogP contribution in [-0.4, -0.2) is 54.8 Å². The highest BCUT2D eigenvalue weighted by Crippen LogP contribution is 2.33. The van der Waals surface area contributed by atoms with Crippen LogP contribution in [0.4, 0.5) is 0 Å². The highest BCUT2D eigenvalue weighted by molar-refractivity contribution is 9.11. The number of carbonyl (C=O) groups is 1. The van der Waals surface area contributed by atoms with Gasteiger partial charge in [0.2, 0.25) is 0 Å². The second kappa shape index (κ2) is 8.97. The number of amides is 1. The van der Waals surface area contributed by atoms with Crippen molar-refractivity contribution < 1.29 is 9.53 Å². The van der Waals surface area contributed by atoms with Crippen molar-refractivity contribution in [1.82, 2.24) is 14.8 Å². The quantitative estimate of drug-likeness (QED) is 0.572. The van der Waals surface area contributed by atoms with Gasteiger partial charge in [-0.3, -0.25) is 9.69 Å². The van der Waals surface area contributed by atoms with E-state index >= 15 is 0 Å². The zero-order valence-corrected chi connectivity index (χ0v) is 18.4. The minimum absolute atomic E-state index is 0.0465. The lowest BCUT2D eigenvalue weighted by Gasteiger charge is -2.26. The number of morpholine rings is 1. The van der Waals surface area contributed by atoms with Crippen molar-refractivity contribution in [2.75, 3.05) is 39.4 Å². The van der Waals surface area contributed by atoms with E-state index in [4.69, 9.17) is 16.3 Å². The molecule has 4 rings (SSSR count). The second-order valence-electron chi connectivity index (χ2n) is 6.76. The largest absolute Gasteiger partial charge is 0.379 e. The lowest BCUT2D eigenvalue weighted by atomic mass is 10.2. The molecule has 0 aliphatic carbocycles. The van der Waals surface area contributed by atoms with Crippen LogP contribution < -0.4 is 5.32 Å². The molecule has 5 nitrogen and oxygen atoms in total. The summed E-state index contributed by atoms with van der Waals surface area (Å²) in [6, 6.07) is 11.8. The molecule has 1 aliphatic rings. The molecule has 8 heteroatoms. The minimum atomic E-state index is -0.0465. The van der Waals surface area contributed by atoms with E-state index in [1.165, 1.54) is 0 Å². The molecule has 1 N–H and O–H groups in total. The summed E-state index contributed by atoms with van der Waals surface area (Å²) in [4.78, 5) is 15.2. The molecule has 0 radical (unpaired) electrons. The molecule has 0 bridgehead atoms. The van der Waals surface area contributed by atoms with E-state index in [1.54, 1.807) is 11.3 Å². The molecule has 3 aromatic rings. The van der Waals surface area contributed by atoms with Crippen LogP contribution in [0.15, 0.2) is 40.2 Å². The smallest absolute Gasteiger partial charge is 0.268 e. The maximum absolute atomic E-state index is 12.9. The predicted molar refractivity (Wildman–Crippen MR) is 118 cm³/mol. The summed E-state index contributed by atoms with van der Waals surface area (Å²) in [5, 5.41) is 3.77. The van der Waals surface area contributed by atoms with E-state index in [0.29, 0.717) is 23.8 Å². The number of halogens is 2. The van der Waals surface area contributed by atoms with Gasteiger partial charge in [0.1, 0.15) is 5.69 Å². The number of rotatable bonds is 6. The first kappa shape index (κ1) is 19.9. The van der Waals surface area contributed by atoms with E-state index in [-0.39, 0.29) is 5.91 Å². The van der Waals surface area contributed by atoms with Crippen LogP contribution in [0.5, 0.6) is 0 Å². The maximum atomic E-state index is 12.9. The summed E-state index contributed by atoms with van der Waals surface area (Å²) in [5.74, 6) is -0.0465. The molecule has 3 heterocycles. The number of benzene rings is 1. The van der Waals surface area contributed by atoms with Crippen LogP contribution in [0.1, 0.15) is 16.1 Å². The average Bonchev–Trinajstić information content (AvgIpc) is 3.20. The Morgan fingerprint density at radius 2 is 2.07 bits per heavy atom. The Labute approximate surface area is 181 Å². The number of fused-ring (bicyclic) bond motifs is 1. The number of hydrogen-bond donors (Lipinski definition) is 1. The van der Waals surface area contributed by atoms with Gasteiger partial charge >= 0.3 is 0 Å². The first-order valence-electron chi connectivity index (χ1n) is 9.21. The third-order valence-electron chi connectivity index (χ3n) is 4.84. The van der Waals surface area contributed by atoms with E-state index < -0.39 is 0 Å². The first-order chi connectivity index (χ1) is 13.6. The van der Waals surface area contributed by atoms with Gasteiger partial charge in [0.05, 0.1) is 27.2 Å². The van der Waals surface area contributed by atoms with Gasteiger partial charge in [-0.25, -0.2) is 0 Å². The van der Waals surface area contributed by atoms with Gasteiger partial charge in [-0.05, 0) is 45.8 Å². The Balaban J connectivity index is 1.52. The Morgan fingerprint density at radius 1 is 1.25 bits per heavy atom. The highest BCUT2D eigenvalue weighted by atomic mass is 79.9. The van der Waals surface area contributed by atoms with Crippen LogP contribution in [0.3, 0.4) is 0 Å². The third kappa shape index (κ3) is 4.60. The molecule has 0 spiro atoms. The van der Waals surface area contributed by atoms with Crippen molar-refractivity contribution in [1.29, 1.82) is 0 Å². The van der Waals surface area contributed by atoms with Crippen molar-refractivity contribution in [2.24, 2.45) is 0 Å². The summed E-state index contributed by atoms with van der Waals surface area (Å²) in [6.07, 6.45) is 0. The molecular weight excluding hydrogens is 462 g/mol. The number of nitrogens with one attached hydrogen (secondary N) is 1. The lowest BCUT2D eigenvalue weighted by molar-refractivity contribution is 0.0383. The van der Waals surface area contributed by atoms with E-state index in [2.05, 4.69) is 36.8 Å². The van der Waals surface area contributed by atoms with Crippen LogP contribution >= 0.6 is 38.9 Å². The van der Waals surface area contributed by atoms with Gasteiger partial charge in [0, 0.05) is 37.7 Å². The second-order valence-corrected chi connectivity index (χ2v) is 9.66. The van der Waals surface area contributed by atoms with Gasteiger partial charge in [0.15, 0.2) is 0 Å². The molecule has 28 heavy (non-hydrogen) atoms. The van der Waals surface area contributed by atoms with Crippen LogP contribution in [-0.2, 0) is 11.3 Å². The number of hydrogen-bond acceptors (Lipinski definition) is 4. The number of thiophene rings is 1. The van der Waals surface area contributed by atoms with Crippen molar-refractivity contribution >= 4 is 55.0 Å². The molecule has 0 atom stereocenters. The molecule has 0 saturated carbocycles. The van der Waals surface area contributed by atoms with Crippen LogP contribution in [0.2, 0.25) is 5.02 Å². The topological polar surface area (TPSA) is 46.5 Å². The van der Waals surface area contributed by atoms with E-state index in [1.807, 2.05) is 30.3 Å². The van der Waals surface area contributed by atoms with Crippen LogP contribution in [0, 0.1) is 0 Å². The number of nitrogens with zero attached hydrogens (tertiary/aromatic N) is 2. The van der Waals surface area contributed by atoms with Gasteiger partial charge in [-0.15, -0.1) is 11.3 Å². The Hall–Kier alpha value is -1.38. The molecule has 1 aliphatic heterocycles. The van der Waals surface area contributed by atoms with Gasteiger partial charge in [0.25, 0.3) is 5.91 Å². The average molecular weight is 483 g/mol. The standard InChI is InChI=1S/C20H21BrClN3O2S/c21-19-12-16-18(28-19)11-17(25(16)13-14-2-1-3-15(22)10-14)20(26)23-4-5-24-6-8-27-9-7-24/h1-3,10-12H,4-9,13H2,(H,23,26). The molecule has 0 unspecified atom stereocenters. The van der Waals surface area contributed by atoms with Crippen molar-refractivity contribution in [3.63, 3.8) is 0 Å². The fourth-order valence-corrected chi connectivity index (χ4v) is 5.21. The number of aromatic nitrogens is 1. The summed E-state index contributed by atoms with van der Waals surface area (Å²) >= 11 is 11.3. The Kier molecular flexibility index (Phi) is 6.38. The molecule has 1 amide bonds. The van der Waals surface area contributed by atoms with E-state index in [9.17, 15) is 4.79 Å². The zero-order chi connectivity index (χ0) is 19.5. The molecule has 148 valence electrons. The number of ether oxygens (including phenoxy) is 1. The SMILES string of the molecule is O=C(NCCN1CCOCC1)c1cc2sc(Br)cc2n1Cc1cccc(Cl)c1. The van der Waals surface area contributed by atoms with Crippen LogP contribution in [0.25, 0.3) is 10.2 Å². The van der Waals surface area contributed by atoms with Gasteiger partial charge in [-0.2, -0.15) is 0 Å². The third-order valence-corrected chi connectivity index (χ3v) is 6.65. The Bertz CT molecular complexity index is 981.